The van der Waals surface area contributed by atoms with Gasteiger partial charge in [0, 0.05) is 11.6 Å². The van der Waals surface area contributed by atoms with E-state index in [1.165, 1.54) is 12.1 Å². The Labute approximate surface area is 126 Å². The molecule has 0 fully saturated rings. The van der Waals surface area contributed by atoms with Crippen molar-refractivity contribution in [3.63, 3.8) is 0 Å². The molecule has 0 aliphatic rings. The third-order valence-corrected chi connectivity index (χ3v) is 4.07. The normalized spacial score (nSPS) is 12.4. The molecular formula is C16H16BrF2N. The molecule has 4 heteroatoms. The predicted octanol–water partition coefficient (Wildman–Crippen LogP) is 4.54. The fourth-order valence-corrected chi connectivity index (χ4v) is 2.62. The highest BCUT2D eigenvalue weighted by Gasteiger charge is 2.21. The highest BCUT2D eigenvalue weighted by Crippen LogP contribution is 2.29. The minimum atomic E-state index is -0.544. The van der Waals surface area contributed by atoms with Crippen LogP contribution in [0.1, 0.15) is 22.7 Å². The van der Waals surface area contributed by atoms with E-state index in [1.54, 1.807) is 7.05 Å². The van der Waals surface area contributed by atoms with Crippen LogP contribution in [0, 0.1) is 18.6 Å². The Balaban J connectivity index is 2.39. The van der Waals surface area contributed by atoms with Gasteiger partial charge in [0.2, 0.25) is 0 Å². The van der Waals surface area contributed by atoms with Crippen molar-refractivity contribution < 1.29 is 8.78 Å². The fourth-order valence-electron chi connectivity index (χ4n) is 2.27. The van der Waals surface area contributed by atoms with Gasteiger partial charge < -0.3 is 5.32 Å². The summed E-state index contributed by atoms with van der Waals surface area (Å²) in [5.41, 5.74) is 2.26. The van der Waals surface area contributed by atoms with Crippen molar-refractivity contribution in [3.8, 4) is 0 Å². The maximum atomic E-state index is 14.2. The summed E-state index contributed by atoms with van der Waals surface area (Å²) in [7, 11) is 1.71. The second-order valence-corrected chi connectivity index (χ2v) is 5.58. The van der Waals surface area contributed by atoms with E-state index in [1.807, 2.05) is 31.2 Å². The molecule has 1 atom stereocenters. The first kappa shape index (κ1) is 15.1. The number of rotatable bonds is 4. The van der Waals surface area contributed by atoms with Gasteiger partial charge in [-0.25, -0.2) is 8.78 Å². The summed E-state index contributed by atoms with van der Waals surface area (Å²) in [4.78, 5) is 0. The lowest BCUT2D eigenvalue weighted by Crippen LogP contribution is -2.22. The summed E-state index contributed by atoms with van der Waals surface area (Å²) in [5, 5.41) is 3.00. The second-order valence-electron chi connectivity index (χ2n) is 4.73. The Morgan fingerprint density at radius 1 is 1.15 bits per heavy atom. The van der Waals surface area contributed by atoms with Gasteiger partial charge in [-0.2, -0.15) is 0 Å². The predicted molar refractivity (Wildman–Crippen MR) is 80.7 cm³/mol. The summed E-state index contributed by atoms with van der Waals surface area (Å²) < 4.78 is 28.4. The molecule has 0 saturated carbocycles. The molecule has 20 heavy (non-hydrogen) atoms. The molecule has 0 saturated heterocycles. The smallest absolute Gasteiger partial charge is 0.145 e. The molecule has 1 nitrogen and oxygen atoms in total. The Bertz CT molecular complexity index is 613. The maximum Gasteiger partial charge on any atom is 0.145 e. The lowest BCUT2D eigenvalue weighted by atomic mass is 9.95. The van der Waals surface area contributed by atoms with E-state index < -0.39 is 17.7 Å². The molecule has 1 N–H and O–H groups in total. The van der Waals surface area contributed by atoms with Gasteiger partial charge in [-0.05, 0) is 59.6 Å². The average molecular weight is 340 g/mol. The average Bonchev–Trinajstić information content (AvgIpc) is 2.44. The molecule has 2 aromatic rings. The van der Waals surface area contributed by atoms with Gasteiger partial charge in [-0.3, -0.25) is 0 Å². The van der Waals surface area contributed by atoms with Crippen LogP contribution in [-0.4, -0.2) is 7.05 Å². The SMILES string of the molecule is CNC(Cc1ccccc1C)c1c(F)ccc(Br)c1F. The Kier molecular flexibility index (Phi) is 4.89. The quantitative estimate of drug-likeness (QED) is 0.806. The molecule has 106 valence electrons. The van der Waals surface area contributed by atoms with Crippen LogP contribution in [0.5, 0.6) is 0 Å². The number of nitrogens with one attached hydrogen (secondary N) is 1. The first-order chi connectivity index (χ1) is 9.54. The van der Waals surface area contributed by atoms with Gasteiger partial charge in [0.25, 0.3) is 0 Å². The third kappa shape index (κ3) is 3.07. The molecule has 0 aliphatic heterocycles. The molecular weight excluding hydrogens is 324 g/mol. The Morgan fingerprint density at radius 2 is 1.85 bits per heavy atom. The van der Waals surface area contributed by atoms with Crippen molar-refractivity contribution in [2.45, 2.75) is 19.4 Å². The molecule has 0 heterocycles. The van der Waals surface area contributed by atoms with Crippen LogP contribution in [0.2, 0.25) is 0 Å². The topological polar surface area (TPSA) is 12.0 Å². The van der Waals surface area contributed by atoms with E-state index in [-0.39, 0.29) is 10.0 Å². The van der Waals surface area contributed by atoms with Gasteiger partial charge in [0.05, 0.1) is 4.47 Å². The van der Waals surface area contributed by atoms with Crippen LogP contribution in [0.3, 0.4) is 0 Å². The van der Waals surface area contributed by atoms with Crippen molar-refractivity contribution in [2.75, 3.05) is 7.05 Å². The van der Waals surface area contributed by atoms with E-state index in [9.17, 15) is 8.78 Å². The summed E-state index contributed by atoms with van der Waals surface area (Å²) in [6.45, 7) is 2.00. The Hall–Kier alpha value is -1.26. The first-order valence-electron chi connectivity index (χ1n) is 6.39. The third-order valence-electron chi connectivity index (χ3n) is 3.46. The lowest BCUT2D eigenvalue weighted by molar-refractivity contribution is 0.486. The van der Waals surface area contributed by atoms with E-state index in [0.29, 0.717) is 6.42 Å². The molecule has 0 aromatic heterocycles. The molecule has 1 unspecified atom stereocenters. The van der Waals surface area contributed by atoms with Gasteiger partial charge in [-0.1, -0.05) is 24.3 Å². The molecule has 2 rings (SSSR count). The zero-order valence-electron chi connectivity index (χ0n) is 11.4. The number of hydrogen-bond donors (Lipinski definition) is 1. The summed E-state index contributed by atoms with van der Waals surface area (Å²) in [6, 6.07) is 10.1. The van der Waals surface area contributed by atoms with Crippen molar-refractivity contribution >= 4 is 15.9 Å². The van der Waals surface area contributed by atoms with Crippen molar-refractivity contribution in [3.05, 3.63) is 69.2 Å². The largest absolute Gasteiger partial charge is 0.313 e. The number of halogens is 3. The van der Waals surface area contributed by atoms with Crippen LogP contribution >= 0.6 is 15.9 Å². The van der Waals surface area contributed by atoms with E-state index in [2.05, 4.69) is 21.2 Å². The number of likely N-dealkylation sites (N-methyl/N-ethyl adjacent to an activating group) is 1. The second kappa shape index (κ2) is 6.46. The standard InChI is InChI=1S/C16H16BrF2N/c1-10-5-3-4-6-11(10)9-14(20-2)15-13(18)8-7-12(17)16(15)19/h3-8,14,20H,9H2,1-2H3. The first-order valence-corrected chi connectivity index (χ1v) is 7.19. The van der Waals surface area contributed by atoms with Gasteiger partial charge in [0.15, 0.2) is 0 Å². The van der Waals surface area contributed by atoms with Gasteiger partial charge in [0.1, 0.15) is 11.6 Å². The van der Waals surface area contributed by atoms with Gasteiger partial charge in [-0.15, -0.1) is 0 Å². The molecule has 2 aromatic carbocycles. The highest BCUT2D eigenvalue weighted by molar-refractivity contribution is 9.10. The van der Waals surface area contributed by atoms with E-state index >= 15 is 0 Å². The van der Waals surface area contributed by atoms with Crippen LogP contribution < -0.4 is 5.32 Å². The molecule has 0 bridgehead atoms. The molecule has 0 aliphatic carbocycles. The zero-order chi connectivity index (χ0) is 14.7. The number of hydrogen-bond acceptors (Lipinski definition) is 1. The molecule has 0 radical (unpaired) electrons. The minimum Gasteiger partial charge on any atom is -0.313 e. The van der Waals surface area contributed by atoms with Crippen LogP contribution in [0.4, 0.5) is 8.78 Å². The monoisotopic (exact) mass is 339 g/mol. The summed E-state index contributed by atoms with van der Waals surface area (Å²) >= 11 is 3.11. The van der Waals surface area contributed by atoms with Crippen molar-refractivity contribution in [1.29, 1.82) is 0 Å². The highest BCUT2D eigenvalue weighted by atomic mass is 79.9. The summed E-state index contributed by atoms with van der Waals surface area (Å²) in [6.07, 6.45) is 0.535. The Morgan fingerprint density at radius 3 is 2.50 bits per heavy atom. The lowest BCUT2D eigenvalue weighted by Gasteiger charge is -2.19. The molecule has 0 amide bonds. The van der Waals surface area contributed by atoms with E-state index in [0.717, 1.165) is 11.1 Å². The zero-order valence-corrected chi connectivity index (χ0v) is 13.0. The van der Waals surface area contributed by atoms with Crippen LogP contribution in [0.15, 0.2) is 40.9 Å². The fraction of sp³-hybridized carbons (Fsp3) is 0.250. The van der Waals surface area contributed by atoms with E-state index in [4.69, 9.17) is 0 Å². The number of benzene rings is 2. The van der Waals surface area contributed by atoms with Crippen LogP contribution in [-0.2, 0) is 6.42 Å². The van der Waals surface area contributed by atoms with Crippen LogP contribution in [0.25, 0.3) is 0 Å². The minimum absolute atomic E-state index is 0.0742. The number of aryl methyl sites for hydroxylation is 1. The van der Waals surface area contributed by atoms with Crippen molar-refractivity contribution in [2.24, 2.45) is 0 Å². The van der Waals surface area contributed by atoms with Gasteiger partial charge >= 0.3 is 0 Å². The van der Waals surface area contributed by atoms with Crippen molar-refractivity contribution in [1.82, 2.24) is 5.32 Å². The maximum absolute atomic E-state index is 14.2. The summed E-state index contributed by atoms with van der Waals surface area (Å²) in [5.74, 6) is -1.07. The molecule has 0 spiro atoms.